The molecule has 116 valence electrons. The molecule has 0 N–H and O–H groups in total. The van der Waals surface area contributed by atoms with E-state index in [-0.39, 0.29) is 0 Å². The molecule has 0 atom stereocenters. The molecule has 0 bridgehead atoms. The average Bonchev–Trinajstić information content (AvgIpc) is 2.75. The number of fused-ring (bicyclic) bond motifs is 1. The van der Waals surface area contributed by atoms with E-state index in [0.717, 1.165) is 31.7 Å². The van der Waals surface area contributed by atoms with Crippen LogP contribution in [0, 0.1) is 0 Å². The van der Waals surface area contributed by atoms with E-state index in [2.05, 4.69) is 53.5 Å². The summed E-state index contributed by atoms with van der Waals surface area (Å²) in [4.78, 5) is 2.48. The third-order valence-electron chi connectivity index (χ3n) is 4.63. The Hall–Kier alpha value is -2.48. The molecule has 2 aromatic rings. The van der Waals surface area contributed by atoms with Crippen LogP contribution in [-0.2, 0) is 19.4 Å². The summed E-state index contributed by atoms with van der Waals surface area (Å²) in [6, 6.07) is 16.9. The molecular formula is C21H21NO. The fraction of sp³-hybridized carbons (Fsp3) is 0.238. The molecule has 0 fully saturated rings. The van der Waals surface area contributed by atoms with Crippen molar-refractivity contribution in [3.8, 4) is 5.75 Å². The predicted molar refractivity (Wildman–Crippen MR) is 93.4 cm³/mol. The van der Waals surface area contributed by atoms with Gasteiger partial charge in [0.1, 0.15) is 12.4 Å². The Morgan fingerprint density at radius 3 is 2.43 bits per heavy atom. The van der Waals surface area contributed by atoms with Gasteiger partial charge < -0.3 is 9.64 Å². The summed E-state index contributed by atoms with van der Waals surface area (Å²) in [6.07, 6.45) is 8.71. The van der Waals surface area contributed by atoms with E-state index in [4.69, 9.17) is 4.74 Å². The Morgan fingerprint density at radius 1 is 0.913 bits per heavy atom. The van der Waals surface area contributed by atoms with Gasteiger partial charge in [-0.25, -0.2) is 0 Å². The van der Waals surface area contributed by atoms with E-state index in [0.29, 0.717) is 6.61 Å². The molecule has 2 nitrogen and oxygen atoms in total. The van der Waals surface area contributed by atoms with E-state index in [1.54, 1.807) is 0 Å². The number of hydrogen-bond acceptors (Lipinski definition) is 2. The van der Waals surface area contributed by atoms with Crippen molar-refractivity contribution in [2.75, 3.05) is 13.1 Å². The Balaban J connectivity index is 1.43. The maximum Gasteiger partial charge on any atom is 0.120 e. The van der Waals surface area contributed by atoms with Crippen LogP contribution in [0.2, 0.25) is 0 Å². The summed E-state index contributed by atoms with van der Waals surface area (Å²) in [7, 11) is 0. The van der Waals surface area contributed by atoms with Crippen molar-refractivity contribution < 1.29 is 4.74 Å². The minimum Gasteiger partial charge on any atom is -0.489 e. The predicted octanol–water partition coefficient (Wildman–Crippen LogP) is 4.12. The van der Waals surface area contributed by atoms with Crippen molar-refractivity contribution in [2.24, 2.45) is 0 Å². The van der Waals surface area contributed by atoms with Crippen LogP contribution in [0.1, 0.15) is 16.7 Å². The lowest BCUT2D eigenvalue weighted by Crippen LogP contribution is -2.26. The summed E-state index contributed by atoms with van der Waals surface area (Å²) < 4.78 is 5.97. The smallest absolute Gasteiger partial charge is 0.120 e. The van der Waals surface area contributed by atoms with Gasteiger partial charge in [-0.3, -0.25) is 0 Å². The largest absolute Gasteiger partial charge is 0.489 e. The standard InChI is InChI=1S/C21H21NO/c1-2-5-17(6-3-1)16-23-21-10-9-18-11-13-22(20-7-4-8-20)14-12-19(18)15-21/h1-10,15H,11-14,16H2. The van der Waals surface area contributed by atoms with Gasteiger partial charge in [-0.05, 0) is 53.8 Å². The van der Waals surface area contributed by atoms with E-state index in [1.807, 2.05) is 18.2 Å². The molecule has 0 saturated carbocycles. The zero-order valence-corrected chi connectivity index (χ0v) is 13.2. The fourth-order valence-corrected chi connectivity index (χ4v) is 3.18. The fourth-order valence-electron chi connectivity index (χ4n) is 3.18. The molecule has 0 aromatic heterocycles. The third-order valence-corrected chi connectivity index (χ3v) is 4.63. The molecule has 2 heteroatoms. The summed E-state index contributed by atoms with van der Waals surface area (Å²) in [5, 5.41) is 0. The first-order chi connectivity index (χ1) is 11.4. The highest BCUT2D eigenvalue weighted by atomic mass is 16.5. The number of rotatable bonds is 4. The van der Waals surface area contributed by atoms with Gasteiger partial charge in [-0.1, -0.05) is 42.5 Å². The van der Waals surface area contributed by atoms with Crippen molar-refractivity contribution >= 4 is 0 Å². The van der Waals surface area contributed by atoms with Crippen LogP contribution in [-0.4, -0.2) is 18.0 Å². The molecule has 23 heavy (non-hydrogen) atoms. The number of allylic oxidation sites excluding steroid dienone is 3. The van der Waals surface area contributed by atoms with Crippen LogP contribution in [0.3, 0.4) is 0 Å². The summed E-state index contributed by atoms with van der Waals surface area (Å²) in [5.41, 5.74) is 5.47. The van der Waals surface area contributed by atoms with E-state index >= 15 is 0 Å². The SMILES string of the molecule is C1=CC(N2CCc3ccc(OCc4ccccc4)cc3CC2)=C1. The van der Waals surface area contributed by atoms with Gasteiger partial charge in [0.15, 0.2) is 0 Å². The van der Waals surface area contributed by atoms with Crippen LogP contribution >= 0.6 is 0 Å². The van der Waals surface area contributed by atoms with Crippen molar-refractivity contribution in [1.29, 1.82) is 0 Å². The number of benzene rings is 2. The number of hydrogen-bond donors (Lipinski definition) is 0. The zero-order chi connectivity index (χ0) is 15.5. The monoisotopic (exact) mass is 303 g/mol. The second-order valence-electron chi connectivity index (χ2n) is 6.14. The molecule has 2 aliphatic rings. The van der Waals surface area contributed by atoms with Gasteiger partial charge in [0.25, 0.3) is 0 Å². The molecular weight excluding hydrogens is 282 g/mol. The van der Waals surface area contributed by atoms with Gasteiger partial charge in [0.05, 0.1) is 0 Å². The van der Waals surface area contributed by atoms with Gasteiger partial charge in [-0.2, -0.15) is 0 Å². The van der Waals surface area contributed by atoms with Crippen LogP contribution in [0.25, 0.3) is 0 Å². The molecule has 1 aliphatic heterocycles. The van der Waals surface area contributed by atoms with Crippen molar-refractivity contribution in [2.45, 2.75) is 19.4 Å². The Kier molecular flexibility index (Phi) is 3.89. The average molecular weight is 303 g/mol. The van der Waals surface area contributed by atoms with Crippen LogP contribution in [0.15, 0.2) is 72.5 Å². The maximum absolute atomic E-state index is 5.97. The van der Waals surface area contributed by atoms with Gasteiger partial charge in [0, 0.05) is 18.8 Å². The minimum absolute atomic E-state index is 0.628. The van der Waals surface area contributed by atoms with E-state index in [9.17, 15) is 0 Å². The highest BCUT2D eigenvalue weighted by Gasteiger charge is 2.16. The van der Waals surface area contributed by atoms with Gasteiger partial charge in [-0.15, -0.1) is 0 Å². The first-order valence-corrected chi connectivity index (χ1v) is 8.30. The lowest BCUT2D eigenvalue weighted by atomic mass is 10.0. The topological polar surface area (TPSA) is 12.5 Å². The second kappa shape index (κ2) is 6.33. The molecule has 1 heterocycles. The van der Waals surface area contributed by atoms with Crippen molar-refractivity contribution in [3.05, 3.63) is 89.1 Å². The van der Waals surface area contributed by atoms with Crippen LogP contribution in [0.4, 0.5) is 0 Å². The van der Waals surface area contributed by atoms with Gasteiger partial charge >= 0.3 is 0 Å². The first kappa shape index (κ1) is 14.1. The summed E-state index contributed by atoms with van der Waals surface area (Å²) in [6.45, 7) is 2.82. The summed E-state index contributed by atoms with van der Waals surface area (Å²) in [5.74, 6) is 0.976. The molecule has 1 aliphatic carbocycles. The summed E-state index contributed by atoms with van der Waals surface area (Å²) >= 11 is 0. The quantitative estimate of drug-likeness (QED) is 0.842. The Bertz CT molecular complexity index is 746. The number of nitrogens with zero attached hydrogens (tertiary/aromatic N) is 1. The van der Waals surface area contributed by atoms with Crippen molar-refractivity contribution in [1.82, 2.24) is 4.90 Å². The zero-order valence-electron chi connectivity index (χ0n) is 13.2. The lowest BCUT2D eigenvalue weighted by molar-refractivity contribution is 0.306. The number of ether oxygens (including phenoxy) is 1. The first-order valence-electron chi connectivity index (χ1n) is 8.30. The highest BCUT2D eigenvalue weighted by molar-refractivity contribution is 5.39. The lowest BCUT2D eigenvalue weighted by Gasteiger charge is -2.26. The normalized spacial score (nSPS) is 16.2. The van der Waals surface area contributed by atoms with E-state index in [1.165, 1.54) is 22.4 Å². The van der Waals surface area contributed by atoms with Crippen LogP contribution in [0.5, 0.6) is 5.75 Å². The molecule has 0 radical (unpaired) electrons. The second-order valence-corrected chi connectivity index (χ2v) is 6.14. The molecule has 0 unspecified atom stereocenters. The molecule has 4 rings (SSSR count). The molecule has 0 amide bonds. The Morgan fingerprint density at radius 2 is 1.70 bits per heavy atom. The van der Waals surface area contributed by atoms with Gasteiger partial charge in [0.2, 0.25) is 0 Å². The van der Waals surface area contributed by atoms with Crippen LogP contribution < -0.4 is 4.74 Å². The Labute approximate surface area is 137 Å². The highest BCUT2D eigenvalue weighted by Crippen LogP contribution is 2.25. The van der Waals surface area contributed by atoms with E-state index < -0.39 is 0 Å². The molecule has 0 saturated heterocycles. The van der Waals surface area contributed by atoms with Crippen molar-refractivity contribution in [3.63, 3.8) is 0 Å². The minimum atomic E-state index is 0.628. The maximum atomic E-state index is 5.97. The third kappa shape index (κ3) is 3.16. The molecule has 0 spiro atoms. The molecule has 2 aromatic carbocycles.